The number of hydrogen-bond acceptors (Lipinski definition) is 0. The molecule has 1 atom stereocenters. The lowest BCUT2D eigenvalue weighted by molar-refractivity contribution is 0.513. The van der Waals surface area contributed by atoms with Gasteiger partial charge in [-0.1, -0.05) is 37.6 Å². The Kier molecular flexibility index (Phi) is 2.90. The lowest BCUT2D eigenvalue weighted by Gasteiger charge is -2.25. The van der Waals surface area contributed by atoms with Crippen molar-refractivity contribution < 1.29 is 4.39 Å². The first-order valence-electron chi connectivity index (χ1n) is 5.64. The number of allylic oxidation sites excluding steroid dienone is 2. The van der Waals surface area contributed by atoms with Crippen LogP contribution in [-0.2, 0) is 5.41 Å². The Balaban J connectivity index is 2.34. The van der Waals surface area contributed by atoms with Crippen LogP contribution in [0.5, 0.6) is 0 Å². The van der Waals surface area contributed by atoms with Gasteiger partial charge in [0.15, 0.2) is 0 Å². The Morgan fingerprint density at radius 2 is 2.13 bits per heavy atom. The third-order valence-electron chi connectivity index (χ3n) is 3.29. The third kappa shape index (κ3) is 2.28. The highest BCUT2D eigenvalue weighted by Gasteiger charge is 2.24. The van der Waals surface area contributed by atoms with E-state index in [1.54, 1.807) is 12.1 Å². The van der Waals surface area contributed by atoms with E-state index in [1.807, 2.05) is 6.07 Å². The molecule has 0 aliphatic heterocycles. The van der Waals surface area contributed by atoms with Crippen molar-refractivity contribution in [1.29, 1.82) is 0 Å². The SMILES string of the molecule is C[C@]1(c2cccc(F)c2)C=CCCCC1. The minimum absolute atomic E-state index is 0.0264. The topological polar surface area (TPSA) is 0 Å². The monoisotopic (exact) mass is 204 g/mol. The molecule has 0 unspecified atom stereocenters. The van der Waals surface area contributed by atoms with Gasteiger partial charge in [0.05, 0.1) is 0 Å². The molecule has 0 saturated carbocycles. The lowest BCUT2D eigenvalue weighted by Crippen LogP contribution is -2.18. The van der Waals surface area contributed by atoms with Crippen LogP contribution in [0, 0.1) is 5.82 Å². The van der Waals surface area contributed by atoms with Crippen molar-refractivity contribution in [3.63, 3.8) is 0 Å². The zero-order valence-corrected chi connectivity index (χ0v) is 9.17. The average molecular weight is 204 g/mol. The highest BCUT2D eigenvalue weighted by atomic mass is 19.1. The molecule has 0 nitrogen and oxygen atoms in total. The molecule has 0 bridgehead atoms. The summed E-state index contributed by atoms with van der Waals surface area (Å²) in [6, 6.07) is 7.00. The molecular formula is C14H17F. The van der Waals surface area contributed by atoms with Gasteiger partial charge >= 0.3 is 0 Å². The zero-order chi connectivity index (χ0) is 10.7. The van der Waals surface area contributed by atoms with Gasteiger partial charge in [0, 0.05) is 5.41 Å². The highest BCUT2D eigenvalue weighted by molar-refractivity contribution is 5.30. The summed E-state index contributed by atoms with van der Waals surface area (Å²) in [4.78, 5) is 0. The summed E-state index contributed by atoms with van der Waals surface area (Å²) in [7, 11) is 0. The molecule has 0 radical (unpaired) electrons. The number of hydrogen-bond donors (Lipinski definition) is 0. The fourth-order valence-corrected chi connectivity index (χ4v) is 2.27. The second kappa shape index (κ2) is 4.18. The molecule has 1 aromatic rings. The molecule has 1 aliphatic carbocycles. The van der Waals surface area contributed by atoms with Crippen molar-refractivity contribution in [3.05, 3.63) is 47.8 Å². The molecule has 15 heavy (non-hydrogen) atoms. The predicted molar refractivity (Wildman–Crippen MR) is 61.4 cm³/mol. The maximum atomic E-state index is 13.2. The Bertz CT molecular complexity index is 367. The van der Waals surface area contributed by atoms with Crippen molar-refractivity contribution in [1.82, 2.24) is 0 Å². The van der Waals surface area contributed by atoms with Gasteiger partial charge in [0.2, 0.25) is 0 Å². The van der Waals surface area contributed by atoms with Crippen molar-refractivity contribution >= 4 is 0 Å². The van der Waals surface area contributed by atoms with E-state index in [1.165, 1.54) is 18.9 Å². The Morgan fingerprint density at radius 1 is 1.27 bits per heavy atom. The quantitative estimate of drug-likeness (QED) is 0.601. The first kappa shape index (κ1) is 10.4. The first-order valence-corrected chi connectivity index (χ1v) is 5.64. The van der Waals surface area contributed by atoms with Gasteiger partial charge in [-0.2, -0.15) is 0 Å². The van der Waals surface area contributed by atoms with Gasteiger partial charge in [-0.05, 0) is 37.0 Å². The maximum absolute atomic E-state index is 13.2. The van der Waals surface area contributed by atoms with Gasteiger partial charge in [0.1, 0.15) is 5.82 Å². The Hall–Kier alpha value is -1.11. The molecule has 1 heteroatoms. The molecule has 80 valence electrons. The molecule has 0 saturated heterocycles. The summed E-state index contributed by atoms with van der Waals surface area (Å²) in [5.41, 5.74) is 1.12. The van der Waals surface area contributed by atoms with Crippen LogP contribution in [0.2, 0.25) is 0 Å². The molecule has 0 fully saturated rings. The van der Waals surface area contributed by atoms with Crippen LogP contribution in [0.25, 0.3) is 0 Å². The van der Waals surface area contributed by atoms with Crippen LogP contribution >= 0.6 is 0 Å². The van der Waals surface area contributed by atoms with Crippen LogP contribution in [0.4, 0.5) is 4.39 Å². The molecular weight excluding hydrogens is 187 g/mol. The van der Waals surface area contributed by atoms with E-state index in [4.69, 9.17) is 0 Å². The number of benzene rings is 1. The minimum Gasteiger partial charge on any atom is -0.207 e. The molecule has 0 spiro atoms. The molecule has 0 heterocycles. The molecule has 0 aromatic heterocycles. The molecule has 0 N–H and O–H groups in total. The zero-order valence-electron chi connectivity index (χ0n) is 9.17. The van der Waals surface area contributed by atoms with Crippen molar-refractivity contribution in [3.8, 4) is 0 Å². The van der Waals surface area contributed by atoms with Crippen LogP contribution < -0.4 is 0 Å². The van der Waals surface area contributed by atoms with Crippen molar-refractivity contribution in [2.24, 2.45) is 0 Å². The fraction of sp³-hybridized carbons (Fsp3) is 0.429. The third-order valence-corrected chi connectivity index (χ3v) is 3.29. The van der Waals surface area contributed by atoms with E-state index < -0.39 is 0 Å². The summed E-state index contributed by atoms with van der Waals surface area (Å²) in [6.45, 7) is 2.20. The number of rotatable bonds is 1. The van der Waals surface area contributed by atoms with Crippen LogP contribution in [0.1, 0.15) is 38.2 Å². The fourth-order valence-electron chi connectivity index (χ4n) is 2.27. The summed E-state index contributed by atoms with van der Waals surface area (Å²) >= 11 is 0. The molecule has 2 rings (SSSR count). The van der Waals surface area contributed by atoms with Crippen LogP contribution in [0.3, 0.4) is 0 Å². The van der Waals surface area contributed by atoms with E-state index in [0.29, 0.717) is 0 Å². The summed E-state index contributed by atoms with van der Waals surface area (Å²) in [5.74, 6) is -0.133. The van der Waals surface area contributed by atoms with Crippen LogP contribution in [-0.4, -0.2) is 0 Å². The normalized spacial score (nSPS) is 26.3. The van der Waals surface area contributed by atoms with Gasteiger partial charge in [-0.15, -0.1) is 0 Å². The molecule has 1 aliphatic rings. The standard InChI is InChI=1S/C14H17F/c1-14(9-4-2-3-5-10-14)12-7-6-8-13(15)11-12/h4,6-9,11H,2-3,5,10H2,1H3/t14-/m0/s1. The number of halogens is 1. The van der Waals surface area contributed by atoms with Gasteiger partial charge in [-0.25, -0.2) is 4.39 Å². The largest absolute Gasteiger partial charge is 0.207 e. The highest BCUT2D eigenvalue weighted by Crippen LogP contribution is 2.33. The average Bonchev–Trinajstić information content (AvgIpc) is 2.44. The van der Waals surface area contributed by atoms with E-state index in [-0.39, 0.29) is 11.2 Å². The Labute approximate surface area is 90.8 Å². The van der Waals surface area contributed by atoms with E-state index >= 15 is 0 Å². The lowest BCUT2D eigenvalue weighted by atomic mass is 9.79. The second-order valence-electron chi connectivity index (χ2n) is 4.58. The maximum Gasteiger partial charge on any atom is 0.123 e. The summed E-state index contributed by atoms with van der Waals surface area (Å²) in [6.07, 6.45) is 9.23. The smallest absolute Gasteiger partial charge is 0.123 e. The van der Waals surface area contributed by atoms with Gasteiger partial charge in [-0.3, -0.25) is 0 Å². The van der Waals surface area contributed by atoms with Gasteiger partial charge < -0.3 is 0 Å². The molecule has 0 amide bonds. The summed E-state index contributed by atoms with van der Waals surface area (Å²) < 4.78 is 13.2. The van der Waals surface area contributed by atoms with Crippen molar-refractivity contribution in [2.45, 2.75) is 38.0 Å². The minimum atomic E-state index is -0.133. The van der Waals surface area contributed by atoms with E-state index in [2.05, 4.69) is 19.1 Å². The van der Waals surface area contributed by atoms with Crippen LogP contribution in [0.15, 0.2) is 36.4 Å². The molecule has 1 aromatic carbocycles. The van der Waals surface area contributed by atoms with Gasteiger partial charge in [0.25, 0.3) is 0 Å². The Morgan fingerprint density at radius 3 is 2.93 bits per heavy atom. The first-order chi connectivity index (χ1) is 7.21. The van der Waals surface area contributed by atoms with E-state index in [9.17, 15) is 4.39 Å². The summed E-state index contributed by atoms with van der Waals surface area (Å²) in [5, 5.41) is 0. The van der Waals surface area contributed by atoms with Crippen molar-refractivity contribution in [2.75, 3.05) is 0 Å². The predicted octanol–water partition coefficient (Wildman–Crippen LogP) is 4.21. The second-order valence-corrected chi connectivity index (χ2v) is 4.58. The van der Waals surface area contributed by atoms with E-state index in [0.717, 1.165) is 18.4 Å².